The van der Waals surface area contributed by atoms with Crippen molar-refractivity contribution in [1.82, 2.24) is 15.6 Å². The van der Waals surface area contributed by atoms with Crippen molar-refractivity contribution in [3.63, 3.8) is 0 Å². The van der Waals surface area contributed by atoms with Crippen LogP contribution in [0.2, 0.25) is 0 Å². The summed E-state index contributed by atoms with van der Waals surface area (Å²) in [6, 6.07) is 5.23. The number of benzene rings is 1. The van der Waals surface area contributed by atoms with Gasteiger partial charge in [-0.25, -0.2) is 4.39 Å². The molecule has 21 heavy (non-hydrogen) atoms. The predicted molar refractivity (Wildman–Crippen MR) is 80.5 cm³/mol. The van der Waals surface area contributed by atoms with Crippen LogP contribution in [-0.4, -0.2) is 30.5 Å². The number of carbonyl (C=O) groups excluding carboxylic acids is 1. The summed E-state index contributed by atoms with van der Waals surface area (Å²) in [6.45, 7) is 2.35. The third kappa shape index (κ3) is 3.22. The van der Waals surface area contributed by atoms with Gasteiger partial charge in [0.15, 0.2) is 0 Å². The number of H-pyrrole nitrogens is 1. The van der Waals surface area contributed by atoms with Gasteiger partial charge in [-0.05, 0) is 18.2 Å². The zero-order valence-electron chi connectivity index (χ0n) is 11.1. The molecule has 1 amide bonds. The molecule has 112 valence electrons. The Morgan fingerprint density at radius 2 is 2.10 bits per heavy atom. The van der Waals surface area contributed by atoms with Crippen molar-refractivity contribution < 1.29 is 9.18 Å². The minimum atomic E-state index is -0.453. The molecule has 0 saturated carbocycles. The van der Waals surface area contributed by atoms with Crippen LogP contribution in [0.3, 0.4) is 0 Å². The summed E-state index contributed by atoms with van der Waals surface area (Å²) in [5.41, 5.74) is 0.183. The van der Waals surface area contributed by atoms with Crippen LogP contribution in [-0.2, 0) is 0 Å². The van der Waals surface area contributed by atoms with Gasteiger partial charge in [-0.1, -0.05) is 0 Å². The second kappa shape index (κ2) is 6.24. The third-order valence-electron chi connectivity index (χ3n) is 3.47. The molecular weight excluding hydrogens is 297 g/mol. The van der Waals surface area contributed by atoms with Gasteiger partial charge in [-0.3, -0.25) is 9.59 Å². The van der Waals surface area contributed by atoms with E-state index in [0.29, 0.717) is 23.4 Å². The molecule has 0 unspecified atom stereocenters. The number of carbonyl (C=O) groups is 1. The van der Waals surface area contributed by atoms with Gasteiger partial charge in [-0.2, -0.15) is 0 Å². The first kappa shape index (κ1) is 15.5. The Morgan fingerprint density at radius 3 is 2.76 bits per heavy atom. The van der Waals surface area contributed by atoms with Gasteiger partial charge < -0.3 is 15.6 Å². The second-order valence-corrected chi connectivity index (χ2v) is 4.97. The van der Waals surface area contributed by atoms with E-state index in [0.717, 1.165) is 13.1 Å². The van der Waals surface area contributed by atoms with Crippen molar-refractivity contribution in [2.75, 3.05) is 19.6 Å². The third-order valence-corrected chi connectivity index (χ3v) is 3.47. The van der Waals surface area contributed by atoms with Gasteiger partial charge >= 0.3 is 0 Å². The Labute approximate surface area is 126 Å². The van der Waals surface area contributed by atoms with E-state index in [2.05, 4.69) is 15.6 Å². The lowest BCUT2D eigenvalue weighted by Gasteiger charge is -2.27. The van der Waals surface area contributed by atoms with Gasteiger partial charge in [0.2, 0.25) is 5.56 Å². The summed E-state index contributed by atoms with van der Waals surface area (Å²) in [5, 5.41) is 6.47. The van der Waals surface area contributed by atoms with Crippen LogP contribution >= 0.6 is 12.4 Å². The highest BCUT2D eigenvalue weighted by molar-refractivity contribution is 6.05. The molecule has 1 fully saturated rings. The minimum absolute atomic E-state index is 0. The number of amides is 1. The summed E-state index contributed by atoms with van der Waals surface area (Å²) >= 11 is 0. The number of rotatable bonds is 3. The minimum Gasteiger partial charge on any atom is -0.352 e. The molecule has 2 heterocycles. The van der Waals surface area contributed by atoms with E-state index in [1.165, 1.54) is 24.3 Å². The van der Waals surface area contributed by atoms with Crippen LogP contribution < -0.4 is 16.2 Å². The maximum atomic E-state index is 13.2. The van der Waals surface area contributed by atoms with E-state index in [1.807, 2.05) is 0 Å². The number of halogens is 2. The zero-order valence-corrected chi connectivity index (χ0v) is 11.9. The van der Waals surface area contributed by atoms with E-state index in [1.54, 1.807) is 0 Å². The molecule has 0 bridgehead atoms. The highest BCUT2D eigenvalue weighted by Crippen LogP contribution is 2.16. The normalized spacial score (nSPS) is 14.3. The van der Waals surface area contributed by atoms with E-state index >= 15 is 0 Å². The molecule has 0 aliphatic carbocycles. The van der Waals surface area contributed by atoms with Gasteiger partial charge in [0, 0.05) is 37.0 Å². The highest BCUT2D eigenvalue weighted by atomic mass is 35.5. The Kier molecular flexibility index (Phi) is 4.59. The van der Waals surface area contributed by atoms with Crippen molar-refractivity contribution in [1.29, 1.82) is 0 Å². The van der Waals surface area contributed by atoms with Crippen molar-refractivity contribution in [2.24, 2.45) is 5.92 Å². The molecule has 0 atom stereocenters. The maximum Gasteiger partial charge on any atom is 0.252 e. The first-order valence-electron chi connectivity index (χ1n) is 6.45. The number of hydrogen-bond acceptors (Lipinski definition) is 3. The predicted octanol–water partition coefficient (Wildman–Crippen LogP) is 1.04. The molecule has 3 rings (SSSR count). The van der Waals surface area contributed by atoms with Crippen LogP contribution in [0.15, 0.2) is 29.1 Å². The lowest BCUT2D eigenvalue weighted by Crippen LogP contribution is -2.48. The molecule has 1 aromatic heterocycles. The largest absolute Gasteiger partial charge is 0.352 e. The Balaban J connectivity index is 0.00000161. The topological polar surface area (TPSA) is 74.0 Å². The number of pyridine rings is 1. The van der Waals surface area contributed by atoms with Crippen molar-refractivity contribution in [2.45, 2.75) is 0 Å². The molecule has 1 saturated heterocycles. The van der Waals surface area contributed by atoms with Crippen molar-refractivity contribution in [3.8, 4) is 0 Å². The molecule has 5 nitrogen and oxygen atoms in total. The average molecular weight is 312 g/mol. The first-order valence-corrected chi connectivity index (χ1v) is 6.45. The maximum absolute atomic E-state index is 13.2. The van der Waals surface area contributed by atoms with E-state index in [4.69, 9.17) is 0 Å². The molecule has 1 aliphatic rings. The highest BCUT2D eigenvalue weighted by Gasteiger charge is 2.18. The fourth-order valence-electron chi connectivity index (χ4n) is 2.25. The number of hydrogen-bond donors (Lipinski definition) is 3. The Hall–Kier alpha value is -1.92. The van der Waals surface area contributed by atoms with E-state index in [-0.39, 0.29) is 23.9 Å². The van der Waals surface area contributed by atoms with Crippen LogP contribution in [0.25, 0.3) is 10.9 Å². The molecule has 3 N–H and O–H groups in total. The van der Waals surface area contributed by atoms with Crippen molar-refractivity contribution in [3.05, 3.63) is 46.0 Å². The van der Waals surface area contributed by atoms with Crippen LogP contribution in [0, 0.1) is 11.7 Å². The van der Waals surface area contributed by atoms with Gasteiger partial charge in [0.1, 0.15) is 5.82 Å². The number of aromatic nitrogens is 1. The SMILES string of the molecule is Cl.O=C(NCC1CNC1)c1cc(=O)[nH]c2cc(F)ccc12. The van der Waals surface area contributed by atoms with E-state index < -0.39 is 11.4 Å². The summed E-state index contributed by atoms with van der Waals surface area (Å²) in [4.78, 5) is 26.2. The average Bonchev–Trinajstić information content (AvgIpc) is 2.35. The number of fused-ring (bicyclic) bond motifs is 1. The number of nitrogens with one attached hydrogen (secondary N) is 3. The summed E-state index contributed by atoms with van der Waals surface area (Å²) < 4.78 is 13.2. The van der Waals surface area contributed by atoms with Gasteiger partial charge in [-0.15, -0.1) is 12.4 Å². The lowest BCUT2D eigenvalue weighted by atomic mass is 10.0. The summed E-state index contributed by atoms with van der Waals surface area (Å²) in [7, 11) is 0. The van der Waals surface area contributed by atoms with E-state index in [9.17, 15) is 14.0 Å². The van der Waals surface area contributed by atoms with Crippen LogP contribution in [0.5, 0.6) is 0 Å². The summed E-state index contributed by atoms with van der Waals surface area (Å²) in [6.07, 6.45) is 0. The Morgan fingerprint density at radius 1 is 1.33 bits per heavy atom. The lowest BCUT2D eigenvalue weighted by molar-refractivity contribution is 0.0943. The van der Waals surface area contributed by atoms with Crippen LogP contribution in [0.4, 0.5) is 4.39 Å². The monoisotopic (exact) mass is 311 g/mol. The van der Waals surface area contributed by atoms with Crippen LogP contribution in [0.1, 0.15) is 10.4 Å². The molecule has 0 spiro atoms. The molecular formula is C14H15ClFN3O2. The fourth-order valence-corrected chi connectivity index (χ4v) is 2.25. The number of aromatic amines is 1. The molecule has 1 aliphatic heterocycles. The zero-order chi connectivity index (χ0) is 14.1. The molecule has 7 heteroatoms. The van der Waals surface area contributed by atoms with Gasteiger partial charge in [0.05, 0.1) is 11.1 Å². The van der Waals surface area contributed by atoms with Crippen molar-refractivity contribution >= 4 is 29.2 Å². The Bertz CT molecular complexity index is 728. The first-order chi connectivity index (χ1) is 9.63. The smallest absolute Gasteiger partial charge is 0.252 e. The second-order valence-electron chi connectivity index (χ2n) is 4.97. The quantitative estimate of drug-likeness (QED) is 0.793. The summed E-state index contributed by atoms with van der Waals surface area (Å²) in [5.74, 6) is -0.324. The van der Waals surface area contributed by atoms with Gasteiger partial charge in [0.25, 0.3) is 5.91 Å². The molecule has 2 aromatic rings. The molecule has 1 aromatic carbocycles. The fraction of sp³-hybridized carbons (Fsp3) is 0.286. The molecule has 0 radical (unpaired) electrons. The standard InChI is InChI=1S/C14H14FN3O2.ClH/c15-9-1-2-10-11(4-13(19)18-12(10)3-9)14(20)17-7-8-5-16-6-8;/h1-4,8,16H,5-7H2,(H,17,20)(H,18,19);1H.